The van der Waals surface area contributed by atoms with Gasteiger partial charge < -0.3 is 5.32 Å². The molecule has 0 aliphatic rings. The van der Waals surface area contributed by atoms with E-state index in [1.165, 1.54) is 0 Å². The lowest BCUT2D eigenvalue weighted by molar-refractivity contribution is 0.0937. The molecule has 0 aliphatic heterocycles. The summed E-state index contributed by atoms with van der Waals surface area (Å²) in [5, 5.41) is 3.03. The molecule has 1 rings (SSSR count). The minimum atomic E-state index is 0.0205. The predicted molar refractivity (Wildman–Crippen MR) is 88.6 cm³/mol. The van der Waals surface area contributed by atoms with E-state index in [-0.39, 0.29) is 5.91 Å². The van der Waals surface area contributed by atoms with Gasteiger partial charge in [-0.1, -0.05) is 26.0 Å². The molecule has 0 heterocycles. The third kappa shape index (κ3) is 4.45. The van der Waals surface area contributed by atoms with Crippen LogP contribution in [0, 0.1) is 10.5 Å². The summed E-state index contributed by atoms with van der Waals surface area (Å²) in [4.78, 5) is 14.5. The zero-order valence-corrected chi connectivity index (χ0v) is 14.3. The van der Waals surface area contributed by atoms with Gasteiger partial charge in [0.25, 0.3) is 5.91 Å². The molecule has 1 aromatic carbocycles. The molecule has 0 unspecified atom stereocenters. The summed E-state index contributed by atoms with van der Waals surface area (Å²) in [7, 11) is 0. The molecule has 0 aromatic heterocycles. The van der Waals surface area contributed by atoms with Gasteiger partial charge in [-0.2, -0.15) is 0 Å². The molecule has 1 N–H and O–H groups in total. The highest BCUT2D eigenvalue weighted by molar-refractivity contribution is 14.1. The Morgan fingerprint density at radius 2 is 2.00 bits per heavy atom. The maximum absolute atomic E-state index is 12.2. The standard InChI is InChI=1S/C15H23IN2O/c1-5-18(6-2)12(4)10-17-15(19)13-9-7-8-11(3)14(13)16/h7-9,12H,5-6,10H2,1-4H3,(H,17,19)/t12-/m0/s1. The van der Waals surface area contributed by atoms with E-state index in [9.17, 15) is 4.79 Å². The van der Waals surface area contributed by atoms with Crippen LogP contribution >= 0.6 is 22.6 Å². The minimum Gasteiger partial charge on any atom is -0.350 e. The third-order valence-electron chi connectivity index (χ3n) is 3.43. The highest BCUT2D eigenvalue weighted by Gasteiger charge is 2.14. The average molecular weight is 374 g/mol. The van der Waals surface area contributed by atoms with Gasteiger partial charge in [0, 0.05) is 16.2 Å². The average Bonchev–Trinajstić information content (AvgIpc) is 2.40. The smallest absolute Gasteiger partial charge is 0.252 e. The number of amides is 1. The SMILES string of the molecule is CCN(CC)[C@@H](C)CNC(=O)c1cccc(C)c1I. The van der Waals surface area contributed by atoms with Crippen LogP contribution < -0.4 is 5.32 Å². The van der Waals surface area contributed by atoms with Crippen molar-refractivity contribution < 1.29 is 4.79 Å². The molecule has 0 radical (unpaired) electrons. The first-order chi connectivity index (χ1) is 9.01. The summed E-state index contributed by atoms with van der Waals surface area (Å²) < 4.78 is 1.04. The molecule has 0 aliphatic carbocycles. The second kappa shape index (κ2) is 7.85. The molecular weight excluding hydrogens is 351 g/mol. The van der Waals surface area contributed by atoms with Gasteiger partial charge in [-0.25, -0.2) is 0 Å². The molecule has 0 fully saturated rings. The number of hydrogen-bond acceptors (Lipinski definition) is 2. The van der Waals surface area contributed by atoms with Gasteiger partial charge >= 0.3 is 0 Å². The maximum atomic E-state index is 12.2. The van der Waals surface area contributed by atoms with Gasteiger partial charge in [0.2, 0.25) is 0 Å². The molecule has 106 valence electrons. The summed E-state index contributed by atoms with van der Waals surface area (Å²) in [5.74, 6) is 0.0205. The summed E-state index contributed by atoms with van der Waals surface area (Å²) in [6.45, 7) is 11.2. The lowest BCUT2D eigenvalue weighted by Gasteiger charge is -2.26. The molecule has 4 heteroatoms. The van der Waals surface area contributed by atoms with Crippen molar-refractivity contribution in [2.24, 2.45) is 0 Å². The van der Waals surface area contributed by atoms with Crippen molar-refractivity contribution in [1.82, 2.24) is 10.2 Å². The zero-order chi connectivity index (χ0) is 14.4. The van der Waals surface area contributed by atoms with Crippen LogP contribution in [-0.4, -0.2) is 36.5 Å². The second-order valence-electron chi connectivity index (χ2n) is 4.72. The topological polar surface area (TPSA) is 32.3 Å². The number of halogens is 1. The second-order valence-corrected chi connectivity index (χ2v) is 5.80. The first kappa shape index (κ1) is 16.4. The van der Waals surface area contributed by atoms with Crippen LogP contribution in [0.25, 0.3) is 0 Å². The lowest BCUT2D eigenvalue weighted by atomic mass is 10.1. The molecule has 1 atom stereocenters. The van der Waals surface area contributed by atoms with Crippen LogP contribution in [0.2, 0.25) is 0 Å². The quantitative estimate of drug-likeness (QED) is 0.777. The largest absolute Gasteiger partial charge is 0.350 e. The number of aryl methyl sites for hydroxylation is 1. The van der Waals surface area contributed by atoms with Crippen molar-refractivity contribution in [3.05, 3.63) is 32.9 Å². The lowest BCUT2D eigenvalue weighted by Crippen LogP contribution is -2.42. The monoisotopic (exact) mass is 374 g/mol. The van der Waals surface area contributed by atoms with E-state index >= 15 is 0 Å². The van der Waals surface area contributed by atoms with Crippen LogP contribution in [0.3, 0.4) is 0 Å². The Morgan fingerprint density at radius 1 is 1.37 bits per heavy atom. The fourth-order valence-corrected chi connectivity index (χ4v) is 2.74. The number of carbonyl (C=O) groups excluding carboxylic acids is 1. The number of benzene rings is 1. The van der Waals surface area contributed by atoms with E-state index in [1.807, 2.05) is 25.1 Å². The van der Waals surface area contributed by atoms with Crippen molar-refractivity contribution in [1.29, 1.82) is 0 Å². The van der Waals surface area contributed by atoms with E-state index < -0.39 is 0 Å². The van der Waals surface area contributed by atoms with Gasteiger partial charge in [-0.15, -0.1) is 0 Å². The van der Waals surface area contributed by atoms with E-state index in [0.29, 0.717) is 12.6 Å². The Labute approximate surface area is 129 Å². The fraction of sp³-hybridized carbons (Fsp3) is 0.533. The van der Waals surface area contributed by atoms with E-state index in [1.54, 1.807) is 0 Å². The third-order valence-corrected chi connectivity index (χ3v) is 4.86. The molecule has 0 saturated heterocycles. The first-order valence-corrected chi connectivity index (χ1v) is 7.86. The summed E-state index contributed by atoms with van der Waals surface area (Å²) >= 11 is 2.23. The Morgan fingerprint density at radius 3 is 2.58 bits per heavy atom. The van der Waals surface area contributed by atoms with E-state index in [4.69, 9.17) is 0 Å². The van der Waals surface area contributed by atoms with Crippen molar-refractivity contribution in [2.75, 3.05) is 19.6 Å². The Hall–Kier alpha value is -0.620. The molecule has 1 aromatic rings. The van der Waals surface area contributed by atoms with Crippen molar-refractivity contribution >= 4 is 28.5 Å². The Kier molecular flexibility index (Phi) is 6.79. The number of likely N-dealkylation sites (N-methyl/N-ethyl adjacent to an activating group) is 1. The first-order valence-electron chi connectivity index (χ1n) is 6.78. The summed E-state index contributed by atoms with van der Waals surface area (Å²) in [6.07, 6.45) is 0. The minimum absolute atomic E-state index is 0.0205. The van der Waals surface area contributed by atoms with Crippen LogP contribution in [0.4, 0.5) is 0 Å². The molecule has 0 saturated carbocycles. The van der Waals surface area contributed by atoms with Crippen LogP contribution in [-0.2, 0) is 0 Å². The molecule has 0 spiro atoms. The highest BCUT2D eigenvalue weighted by Crippen LogP contribution is 2.16. The maximum Gasteiger partial charge on any atom is 0.252 e. The van der Waals surface area contributed by atoms with Crippen LogP contribution in [0.15, 0.2) is 18.2 Å². The van der Waals surface area contributed by atoms with Gasteiger partial charge in [0.15, 0.2) is 0 Å². The molecule has 1 amide bonds. The van der Waals surface area contributed by atoms with Crippen molar-refractivity contribution in [2.45, 2.75) is 33.7 Å². The zero-order valence-electron chi connectivity index (χ0n) is 12.2. The fourth-order valence-electron chi connectivity index (χ4n) is 2.13. The number of hydrogen-bond donors (Lipinski definition) is 1. The summed E-state index contributed by atoms with van der Waals surface area (Å²) in [5.41, 5.74) is 1.91. The molecule has 3 nitrogen and oxygen atoms in total. The molecule has 19 heavy (non-hydrogen) atoms. The summed E-state index contributed by atoms with van der Waals surface area (Å²) in [6, 6.07) is 6.20. The number of carbonyl (C=O) groups is 1. The highest BCUT2D eigenvalue weighted by atomic mass is 127. The molecule has 0 bridgehead atoms. The van der Waals surface area contributed by atoms with Crippen LogP contribution in [0.5, 0.6) is 0 Å². The number of nitrogens with zero attached hydrogens (tertiary/aromatic N) is 1. The Bertz CT molecular complexity index is 430. The van der Waals surface area contributed by atoms with Gasteiger partial charge in [-0.05, 0) is 61.2 Å². The van der Waals surface area contributed by atoms with Gasteiger partial charge in [-0.3, -0.25) is 9.69 Å². The number of nitrogens with one attached hydrogen (secondary N) is 1. The van der Waals surface area contributed by atoms with Crippen molar-refractivity contribution in [3.8, 4) is 0 Å². The number of rotatable bonds is 6. The predicted octanol–water partition coefficient (Wildman–Crippen LogP) is 3.06. The Balaban J connectivity index is 2.63. The van der Waals surface area contributed by atoms with E-state index in [0.717, 1.165) is 27.8 Å². The van der Waals surface area contributed by atoms with Crippen LogP contribution in [0.1, 0.15) is 36.7 Å². The molecular formula is C15H23IN2O. The van der Waals surface area contributed by atoms with Gasteiger partial charge in [0.05, 0.1) is 5.56 Å². The van der Waals surface area contributed by atoms with E-state index in [2.05, 4.69) is 53.6 Å². The van der Waals surface area contributed by atoms with Gasteiger partial charge in [0.1, 0.15) is 0 Å². The van der Waals surface area contributed by atoms with Crippen molar-refractivity contribution in [3.63, 3.8) is 0 Å². The normalized spacial score (nSPS) is 12.5.